The van der Waals surface area contributed by atoms with Gasteiger partial charge in [-0.05, 0) is 50.5 Å². The van der Waals surface area contributed by atoms with Crippen LogP contribution in [0.25, 0.3) is 11.1 Å². The number of ether oxygens (including phenoxy) is 3. The molecule has 0 saturated heterocycles. The van der Waals surface area contributed by atoms with E-state index in [0.29, 0.717) is 30.0 Å². The molecular weight excluding hydrogens is 492 g/mol. The van der Waals surface area contributed by atoms with E-state index in [-0.39, 0.29) is 36.6 Å². The molecule has 192 valence electrons. The van der Waals surface area contributed by atoms with Crippen molar-refractivity contribution in [1.29, 1.82) is 0 Å². The van der Waals surface area contributed by atoms with Gasteiger partial charge in [-0.2, -0.15) is 8.42 Å². The van der Waals surface area contributed by atoms with E-state index in [1.54, 1.807) is 27.0 Å². The van der Waals surface area contributed by atoms with E-state index >= 15 is 0 Å². The van der Waals surface area contributed by atoms with Gasteiger partial charge in [0.05, 0.1) is 32.1 Å². The fourth-order valence-corrected chi connectivity index (χ4v) is 6.56. The summed E-state index contributed by atoms with van der Waals surface area (Å²) in [4.78, 5) is 0.831. The summed E-state index contributed by atoms with van der Waals surface area (Å²) in [6.07, 6.45) is 0. The lowest BCUT2D eigenvalue weighted by atomic mass is 10.00. The van der Waals surface area contributed by atoms with Gasteiger partial charge in [-0.25, -0.2) is 4.31 Å². The van der Waals surface area contributed by atoms with Gasteiger partial charge >= 0.3 is 0 Å². The predicted octanol–water partition coefficient (Wildman–Crippen LogP) is 4.17. The number of methoxy groups -OCH3 is 1. The van der Waals surface area contributed by atoms with Crippen molar-refractivity contribution in [3.8, 4) is 11.1 Å². The number of aromatic nitrogens is 1. The number of hydrogen-bond acceptors (Lipinski definition) is 9. The lowest BCUT2D eigenvalue weighted by molar-refractivity contribution is 0.0744. The molecule has 0 saturated carbocycles. The molecule has 0 bridgehead atoms. The molecule has 9 nitrogen and oxygen atoms in total. The van der Waals surface area contributed by atoms with E-state index in [4.69, 9.17) is 18.7 Å². The summed E-state index contributed by atoms with van der Waals surface area (Å²) in [5.74, 6) is 0.113. The average molecular weight is 525 g/mol. The Morgan fingerprint density at radius 2 is 1.89 bits per heavy atom. The van der Waals surface area contributed by atoms with Crippen LogP contribution in [-0.2, 0) is 37.4 Å². The molecule has 0 atom stereocenters. The number of rotatable bonds is 13. The van der Waals surface area contributed by atoms with Crippen molar-refractivity contribution in [3.05, 3.63) is 51.5 Å². The first kappa shape index (κ1) is 27.3. The van der Waals surface area contributed by atoms with E-state index in [2.05, 4.69) is 5.16 Å². The standard InChI is InChI=1S/C24H32N2O7S2/c1-6-31-14-20-12-19(13-27)7-8-21(20)22-11-16(2)34-24(22)35(28,29)26(15-32-10-9-30-5)23-17(3)18(4)25-33-23/h7-8,11-12,27H,6,9-10,13-15H2,1-5H3. The van der Waals surface area contributed by atoms with Crippen LogP contribution < -0.4 is 4.31 Å². The first-order valence-corrected chi connectivity index (χ1v) is 13.4. The Morgan fingerprint density at radius 3 is 2.51 bits per heavy atom. The molecule has 0 radical (unpaired) electrons. The number of nitrogens with zero attached hydrogens (tertiary/aromatic N) is 2. The first-order chi connectivity index (χ1) is 16.7. The van der Waals surface area contributed by atoms with Crippen molar-refractivity contribution in [2.45, 2.75) is 45.1 Å². The Kier molecular flexibility index (Phi) is 9.45. The van der Waals surface area contributed by atoms with Crippen LogP contribution in [0.15, 0.2) is 33.0 Å². The molecule has 0 unspecified atom stereocenters. The molecule has 3 aromatic rings. The van der Waals surface area contributed by atoms with E-state index in [0.717, 1.165) is 25.9 Å². The van der Waals surface area contributed by atoms with Crippen molar-refractivity contribution in [2.24, 2.45) is 0 Å². The second-order valence-corrected chi connectivity index (χ2v) is 11.2. The molecule has 0 aliphatic rings. The summed E-state index contributed by atoms with van der Waals surface area (Å²) >= 11 is 1.18. The number of sulfonamides is 1. The van der Waals surface area contributed by atoms with Crippen LogP contribution in [0.2, 0.25) is 0 Å². The Balaban J connectivity index is 2.12. The highest BCUT2D eigenvalue weighted by molar-refractivity contribution is 7.95. The maximum Gasteiger partial charge on any atom is 0.278 e. The highest BCUT2D eigenvalue weighted by atomic mass is 32.2. The topological polar surface area (TPSA) is 111 Å². The summed E-state index contributed by atoms with van der Waals surface area (Å²) in [7, 11) is -2.55. The highest BCUT2D eigenvalue weighted by Gasteiger charge is 2.34. The Morgan fingerprint density at radius 1 is 1.11 bits per heavy atom. The number of thiophene rings is 1. The minimum atomic E-state index is -4.10. The van der Waals surface area contributed by atoms with Crippen molar-refractivity contribution >= 4 is 27.2 Å². The summed E-state index contributed by atoms with van der Waals surface area (Å²) in [6, 6.07) is 7.29. The first-order valence-electron chi connectivity index (χ1n) is 11.2. The summed E-state index contributed by atoms with van der Waals surface area (Å²) < 4.78 is 51.1. The quantitative estimate of drug-likeness (QED) is 0.262. The third kappa shape index (κ3) is 6.11. The van der Waals surface area contributed by atoms with Crippen molar-refractivity contribution in [2.75, 3.05) is 38.0 Å². The molecule has 3 rings (SSSR count). The van der Waals surface area contributed by atoms with Gasteiger partial charge in [0.1, 0.15) is 10.9 Å². The van der Waals surface area contributed by atoms with Crippen LogP contribution in [-0.4, -0.2) is 52.3 Å². The lowest BCUT2D eigenvalue weighted by Crippen LogP contribution is -2.34. The number of aliphatic hydroxyl groups is 1. The van der Waals surface area contributed by atoms with Crippen molar-refractivity contribution in [1.82, 2.24) is 5.16 Å². The fraction of sp³-hybridized carbons (Fsp3) is 0.458. The molecule has 1 N–H and O–H groups in total. The molecule has 2 heterocycles. The number of aryl methyl sites for hydroxylation is 2. The lowest BCUT2D eigenvalue weighted by Gasteiger charge is -2.22. The number of anilines is 1. The van der Waals surface area contributed by atoms with Crippen LogP contribution in [0, 0.1) is 20.8 Å². The molecule has 0 aliphatic carbocycles. The zero-order valence-electron chi connectivity index (χ0n) is 20.7. The van der Waals surface area contributed by atoms with Crippen molar-refractivity contribution in [3.63, 3.8) is 0 Å². The zero-order chi connectivity index (χ0) is 25.6. The molecule has 2 aromatic heterocycles. The molecule has 0 aliphatic heterocycles. The van der Waals surface area contributed by atoms with Gasteiger partial charge in [-0.15, -0.1) is 11.3 Å². The molecule has 0 amide bonds. The highest BCUT2D eigenvalue weighted by Crippen LogP contribution is 2.40. The van der Waals surface area contributed by atoms with Crippen LogP contribution in [0.1, 0.15) is 34.2 Å². The molecule has 0 spiro atoms. The maximum absolute atomic E-state index is 14.1. The summed E-state index contributed by atoms with van der Waals surface area (Å²) in [5.41, 5.74) is 4.01. The second-order valence-electron chi connectivity index (χ2n) is 7.93. The molecular formula is C24H32N2O7S2. The predicted molar refractivity (Wildman–Crippen MR) is 134 cm³/mol. The Bertz CT molecular complexity index is 1230. The van der Waals surface area contributed by atoms with Gasteiger partial charge in [0.2, 0.25) is 5.88 Å². The van der Waals surface area contributed by atoms with E-state index in [1.807, 2.05) is 32.0 Å². The minimum Gasteiger partial charge on any atom is -0.392 e. The second kappa shape index (κ2) is 12.1. The summed E-state index contributed by atoms with van der Waals surface area (Å²) in [5, 5.41) is 13.5. The van der Waals surface area contributed by atoms with Gasteiger partial charge < -0.3 is 23.8 Å². The molecule has 35 heavy (non-hydrogen) atoms. The maximum atomic E-state index is 14.1. The van der Waals surface area contributed by atoms with Crippen LogP contribution >= 0.6 is 11.3 Å². The third-order valence-corrected chi connectivity index (χ3v) is 8.72. The van der Waals surface area contributed by atoms with Crippen LogP contribution in [0.3, 0.4) is 0 Å². The minimum absolute atomic E-state index is 0.113. The zero-order valence-corrected chi connectivity index (χ0v) is 22.3. The van der Waals surface area contributed by atoms with Crippen LogP contribution in [0.5, 0.6) is 0 Å². The van der Waals surface area contributed by atoms with Gasteiger partial charge in [-0.3, -0.25) is 0 Å². The number of benzene rings is 1. The fourth-order valence-electron chi connectivity index (χ4n) is 3.47. The molecule has 0 fully saturated rings. The smallest absolute Gasteiger partial charge is 0.278 e. The third-order valence-electron chi connectivity index (χ3n) is 5.45. The van der Waals surface area contributed by atoms with E-state index in [9.17, 15) is 13.5 Å². The van der Waals surface area contributed by atoms with E-state index < -0.39 is 10.0 Å². The average Bonchev–Trinajstić information content (AvgIpc) is 3.39. The SMILES string of the molecule is CCOCc1cc(CO)ccc1-c1cc(C)sc1S(=O)(=O)N(COCCOC)c1onc(C)c1C. The Hall–Kier alpha value is -2.28. The molecule has 11 heteroatoms. The molecule has 1 aromatic carbocycles. The van der Waals surface area contributed by atoms with Gasteiger partial charge in [0.15, 0.2) is 0 Å². The Labute approximate surface area is 210 Å². The normalized spacial score (nSPS) is 11.8. The van der Waals surface area contributed by atoms with Gasteiger partial charge in [-0.1, -0.05) is 23.4 Å². The monoisotopic (exact) mass is 524 g/mol. The largest absolute Gasteiger partial charge is 0.392 e. The summed E-state index contributed by atoms with van der Waals surface area (Å²) in [6.45, 7) is 8.22. The number of hydrogen-bond donors (Lipinski definition) is 1. The van der Waals surface area contributed by atoms with E-state index in [1.165, 1.54) is 11.3 Å². The van der Waals surface area contributed by atoms with Gasteiger partial charge in [0, 0.05) is 29.7 Å². The van der Waals surface area contributed by atoms with Crippen LogP contribution in [0.4, 0.5) is 5.88 Å². The van der Waals surface area contributed by atoms with Crippen molar-refractivity contribution < 1.29 is 32.3 Å². The number of aliphatic hydroxyl groups excluding tert-OH is 1. The van der Waals surface area contributed by atoms with Gasteiger partial charge in [0.25, 0.3) is 10.0 Å².